The van der Waals surface area contributed by atoms with E-state index in [9.17, 15) is 0 Å². The zero-order chi connectivity index (χ0) is 9.47. The van der Waals surface area contributed by atoms with Crippen LogP contribution in [0.5, 0.6) is 5.75 Å². The molecule has 2 heteroatoms. The molecule has 0 aromatic carbocycles. The van der Waals surface area contributed by atoms with Crippen molar-refractivity contribution in [2.24, 2.45) is 0 Å². The number of hydrogen-bond donors (Lipinski definition) is 0. The minimum atomic E-state index is 0.175. The fraction of sp³-hybridized carbons (Fsp3) is 0.636. The van der Waals surface area contributed by atoms with Gasteiger partial charge in [0.05, 0.1) is 12.3 Å². The topological polar surface area (TPSA) is 14.2 Å². The first kappa shape index (κ1) is 8.67. The smallest absolute Gasteiger partial charge is 0.140 e. The van der Waals surface area contributed by atoms with Crippen molar-refractivity contribution >= 4 is 0 Å². The first-order valence-electron chi connectivity index (χ1n) is 4.92. The lowest BCUT2D eigenvalue weighted by molar-refractivity contribution is 0.275. The normalized spacial score (nSPS) is 16.5. The summed E-state index contributed by atoms with van der Waals surface area (Å²) in [6, 6.07) is 2.08. The van der Waals surface area contributed by atoms with Crippen molar-refractivity contribution in [2.75, 3.05) is 6.61 Å². The second-order valence-corrected chi connectivity index (χ2v) is 4.62. The molecule has 2 rings (SSSR count). The second-order valence-electron chi connectivity index (χ2n) is 4.62. The van der Waals surface area contributed by atoms with Gasteiger partial charge < -0.3 is 9.30 Å². The Morgan fingerprint density at radius 1 is 1.38 bits per heavy atom. The number of hydrogen-bond acceptors (Lipinski definition) is 1. The molecule has 72 valence electrons. The fourth-order valence-electron chi connectivity index (χ4n) is 1.87. The van der Waals surface area contributed by atoms with E-state index in [1.54, 1.807) is 0 Å². The van der Waals surface area contributed by atoms with Crippen LogP contribution in [0.1, 0.15) is 32.9 Å². The Hall–Kier alpha value is -0.920. The third kappa shape index (κ3) is 1.45. The van der Waals surface area contributed by atoms with E-state index in [4.69, 9.17) is 4.74 Å². The monoisotopic (exact) mass is 179 g/mol. The Morgan fingerprint density at radius 3 is 2.85 bits per heavy atom. The lowest BCUT2D eigenvalue weighted by Crippen LogP contribution is -2.24. The highest BCUT2D eigenvalue weighted by Crippen LogP contribution is 2.30. The second kappa shape index (κ2) is 2.79. The maximum absolute atomic E-state index is 5.58. The van der Waals surface area contributed by atoms with E-state index < -0.39 is 0 Å². The maximum atomic E-state index is 5.58. The van der Waals surface area contributed by atoms with Gasteiger partial charge in [-0.2, -0.15) is 0 Å². The van der Waals surface area contributed by atoms with E-state index in [2.05, 4.69) is 37.6 Å². The molecule has 2 heterocycles. The fourth-order valence-corrected chi connectivity index (χ4v) is 1.87. The summed E-state index contributed by atoms with van der Waals surface area (Å²) in [5.41, 5.74) is 1.53. The zero-order valence-corrected chi connectivity index (χ0v) is 8.63. The summed E-state index contributed by atoms with van der Waals surface area (Å²) in [6.07, 6.45) is 4.43. The van der Waals surface area contributed by atoms with Gasteiger partial charge in [-0.15, -0.1) is 0 Å². The number of rotatable bonds is 0. The number of nitrogens with zero attached hydrogens (tertiary/aromatic N) is 1. The third-order valence-electron chi connectivity index (χ3n) is 2.49. The van der Waals surface area contributed by atoms with Crippen LogP contribution in [0.2, 0.25) is 0 Å². The average molecular weight is 179 g/mol. The summed E-state index contributed by atoms with van der Waals surface area (Å²) in [5.74, 6) is 1.08. The van der Waals surface area contributed by atoms with Crippen LogP contribution in [-0.2, 0) is 12.0 Å². The molecule has 0 atom stereocenters. The van der Waals surface area contributed by atoms with Gasteiger partial charge in [-0.3, -0.25) is 0 Å². The van der Waals surface area contributed by atoms with Gasteiger partial charge in [0.15, 0.2) is 0 Å². The molecule has 2 nitrogen and oxygen atoms in total. The molecule has 0 bridgehead atoms. The van der Waals surface area contributed by atoms with E-state index in [1.165, 1.54) is 5.69 Å². The van der Waals surface area contributed by atoms with Crippen molar-refractivity contribution in [1.29, 1.82) is 0 Å². The Bertz CT molecular complexity index is 306. The summed E-state index contributed by atoms with van der Waals surface area (Å²) < 4.78 is 7.90. The van der Waals surface area contributed by atoms with Gasteiger partial charge >= 0.3 is 0 Å². The van der Waals surface area contributed by atoms with Gasteiger partial charge in [-0.25, -0.2) is 0 Å². The maximum Gasteiger partial charge on any atom is 0.140 e. The average Bonchev–Trinajstić information content (AvgIpc) is 2.45. The van der Waals surface area contributed by atoms with Crippen LogP contribution in [0.25, 0.3) is 0 Å². The highest BCUT2D eigenvalue weighted by molar-refractivity contribution is 5.32. The van der Waals surface area contributed by atoms with Crippen molar-refractivity contribution in [1.82, 2.24) is 4.57 Å². The molecule has 0 radical (unpaired) electrons. The highest BCUT2D eigenvalue weighted by atomic mass is 16.5. The van der Waals surface area contributed by atoms with E-state index in [-0.39, 0.29) is 5.54 Å². The molecule has 0 unspecified atom stereocenters. The van der Waals surface area contributed by atoms with E-state index in [0.717, 1.165) is 25.2 Å². The lowest BCUT2D eigenvalue weighted by atomic mass is 10.1. The van der Waals surface area contributed by atoms with E-state index in [0.29, 0.717) is 0 Å². The van der Waals surface area contributed by atoms with Crippen molar-refractivity contribution in [3.63, 3.8) is 0 Å². The van der Waals surface area contributed by atoms with Gasteiger partial charge in [0, 0.05) is 11.7 Å². The summed E-state index contributed by atoms with van der Waals surface area (Å²) >= 11 is 0. The summed E-state index contributed by atoms with van der Waals surface area (Å²) in [6.45, 7) is 7.55. The summed E-state index contributed by atoms with van der Waals surface area (Å²) in [5, 5.41) is 0. The molecule has 0 N–H and O–H groups in total. The van der Waals surface area contributed by atoms with Crippen molar-refractivity contribution < 1.29 is 4.74 Å². The van der Waals surface area contributed by atoms with Crippen LogP contribution in [0.3, 0.4) is 0 Å². The molecule has 1 aromatic rings. The van der Waals surface area contributed by atoms with Crippen LogP contribution >= 0.6 is 0 Å². The lowest BCUT2D eigenvalue weighted by Gasteiger charge is -2.26. The predicted octanol–water partition coefficient (Wildman–Crippen LogP) is 2.57. The van der Waals surface area contributed by atoms with Crippen LogP contribution in [0.15, 0.2) is 12.3 Å². The molecule has 1 aliphatic heterocycles. The summed E-state index contributed by atoms with van der Waals surface area (Å²) in [4.78, 5) is 0. The first-order chi connectivity index (χ1) is 6.09. The molecule has 0 fully saturated rings. The Balaban J connectivity index is 2.43. The minimum Gasteiger partial charge on any atom is -0.492 e. The quantitative estimate of drug-likeness (QED) is 0.597. The zero-order valence-electron chi connectivity index (χ0n) is 8.63. The molecular formula is C11H17NO. The Morgan fingerprint density at radius 2 is 2.15 bits per heavy atom. The van der Waals surface area contributed by atoms with Crippen LogP contribution < -0.4 is 4.74 Å². The van der Waals surface area contributed by atoms with E-state index in [1.807, 2.05) is 0 Å². The standard InChI is InChI=1S/C11H17NO/c1-11(2,3)12-7-6-10-9(12)5-4-8-13-10/h6-7H,4-5,8H2,1-3H3. The highest BCUT2D eigenvalue weighted by Gasteiger charge is 2.21. The van der Waals surface area contributed by atoms with Gasteiger partial charge in [0.2, 0.25) is 0 Å². The number of aromatic nitrogens is 1. The Kier molecular flexibility index (Phi) is 1.86. The molecule has 0 aliphatic carbocycles. The van der Waals surface area contributed by atoms with E-state index >= 15 is 0 Å². The third-order valence-corrected chi connectivity index (χ3v) is 2.49. The van der Waals surface area contributed by atoms with Crippen LogP contribution in [0.4, 0.5) is 0 Å². The van der Waals surface area contributed by atoms with Gasteiger partial charge in [-0.05, 0) is 39.7 Å². The molecule has 0 amide bonds. The molecular weight excluding hydrogens is 162 g/mol. The predicted molar refractivity (Wildman–Crippen MR) is 53.2 cm³/mol. The van der Waals surface area contributed by atoms with Crippen LogP contribution in [-0.4, -0.2) is 11.2 Å². The Labute approximate surface area is 79.5 Å². The number of fused-ring (bicyclic) bond motifs is 1. The molecule has 1 aliphatic rings. The minimum absolute atomic E-state index is 0.175. The van der Waals surface area contributed by atoms with Gasteiger partial charge in [-0.1, -0.05) is 0 Å². The first-order valence-corrected chi connectivity index (χ1v) is 4.92. The largest absolute Gasteiger partial charge is 0.492 e. The molecule has 0 saturated carbocycles. The number of ether oxygens (including phenoxy) is 1. The van der Waals surface area contributed by atoms with Crippen molar-refractivity contribution in [3.05, 3.63) is 18.0 Å². The SMILES string of the molecule is CC(C)(C)n1ccc2c1CCCO2. The van der Waals surface area contributed by atoms with Crippen molar-refractivity contribution in [2.45, 2.75) is 39.2 Å². The molecule has 13 heavy (non-hydrogen) atoms. The van der Waals surface area contributed by atoms with Gasteiger partial charge in [0.25, 0.3) is 0 Å². The van der Waals surface area contributed by atoms with Gasteiger partial charge in [0.1, 0.15) is 5.75 Å². The molecule has 0 saturated heterocycles. The summed E-state index contributed by atoms with van der Waals surface area (Å²) in [7, 11) is 0. The molecule has 1 aromatic heterocycles. The molecule has 0 spiro atoms. The van der Waals surface area contributed by atoms with Crippen molar-refractivity contribution in [3.8, 4) is 5.75 Å². The van der Waals surface area contributed by atoms with Crippen LogP contribution in [0, 0.1) is 0 Å².